The zero-order valence-electron chi connectivity index (χ0n) is 28.9. The van der Waals surface area contributed by atoms with Crippen LogP contribution in [0.1, 0.15) is 68.4 Å². The second kappa shape index (κ2) is 16.6. The standard InChI is InChI=1S/C35H46N6O9/c1-4-48-31(43)13-12-25(34(46)39-15-17-40(18-16-39)35(47)49-5-2)38-32(44)27-20-29(24-11-8-22(3)19-26(24)37-27)50-21-30(42)41-14-6-7-28(41)33(45)36-23-9-10-23/h8,11,19-20,23,25,28H,4-7,9-10,12-18,21H2,1-3H3,(H,36,45)(H,38,44)/t25-,28-/m0/s1. The first-order valence-corrected chi connectivity index (χ1v) is 17.4. The predicted molar refractivity (Wildman–Crippen MR) is 180 cm³/mol. The number of nitrogens with one attached hydrogen (secondary N) is 2. The minimum Gasteiger partial charge on any atom is -0.483 e. The maximum atomic E-state index is 13.8. The third-order valence-electron chi connectivity index (χ3n) is 8.97. The Kier molecular flexibility index (Phi) is 12.1. The summed E-state index contributed by atoms with van der Waals surface area (Å²) in [5.74, 6) is -1.82. The summed E-state index contributed by atoms with van der Waals surface area (Å²) in [4.78, 5) is 87.1. The van der Waals surface area contributed by atoms with Crippen molar-refractivity contribution >= 4 is 46.6 Å². The monoisotopic (exact) mass is 694 g/mol. The zero-order chi connectivity index (χ0) is 35.8. The first kappa shape index (κ1) is 36.3. The highest BCUT2D eigenvalue weighted by Crippen LogP contribution is 2.28. The van der Waals surface area contributed by atoms with Crippen LogP contribution in [0.3, 0.4) is 0 Å². The lowest BCUT2D eigenvalue weighted by molar-refractivity contribution is -0.143. The number of nitrogens with zero attached hydrogens (tertiary/aromatic N) is 4. The average molecular weight is 695 g/mol. The fraction of sp³-hybridized carbons (Fsp3) is 0.571. The maximum absolute atomic E-state index is 13.8. The van der Waals surface area contributed by atoms with E-state index in [1.165, 1.54) is 11.0 Å². The lowest BCUT2D eigenvalue weighted by Crippen LogP contribution is -2.56. The average Bonchev–Trinajstić information content (AvgIpc) is 3.78. The molecule has 1 aliphatic carbocycles. The Hall–Kier alpha value is -4.95. The normalized spacial score (nSPS) is 18.0. The summed E-state index contributed by atoms with van der Waals surface area (Å²) in [6.45, 7) is 6.77. The van der Waals surface area contributed by atoms with Crippen molar-refractivity contribution in [2.75, 3.05) is 52.5 Å². The Labute approximate surface area is 290 Å². The van der Waals surface area contributed by atoms with Crippen molar-refractivity contribution in [3.8, 4) is 5.75 Å². The van der Waals surface area contributed by atoms with E-state index >= 15 is 0 Å². The molecule has 3 heterocycles. The number of aromatic nitrogens is 1. The van der Waals surface area contributed by atoms with Gasteiger partial charge in [-0.25, -0.2) is 9.78 Å². The molecule has 3 fully saturated rings. The smallest absolute Gasteiger partial charge is 0.409 e. The van der Waals surface area contributed by atoms with E-state index in [0.717, 1.165) is 18.4 Å². The zero-order valence-corrected chi connectivity index (χ0v) is 28.9. The van der Waals surface area contributed by atoms with Gasteiger partial charge in [0, 0.05) is 56.6 Å². The number of rotatable bonds is 13. The maximum Gasteiger partial charge on any atom is 0.409 e. The SMILES string of the molecule is CCOC(=O)CC[C@H](NC(=O)c1cc(OCC(=O)N2CCC[C@H]2C(=O)NC2CC2)c2ccc(C)cc2n1)C(=O)N1CCN(C(=O)OCC)CC1. The van der Waals surface area contributed by atoms with E-state index < -0.39 is 36.0 Å². The number of amides is 5. The van der Waals surface area contributed by atoms with Gasteiger partial charge in [0.25, 0.3) is 11.8 Å². The van der Waals surface area contributed by atoms with E-state index in [0.29, 0.717) is 30.3 Å². The van der Waals surface area contributed by atoms with E-state index in [1.54, 1.807) is 35.8 Å². The first-order valence-electron chi connectivity index (χ1n) is 17.4. The van der Waals surface area contributed by atoms with E-state index in [-0.39, 0.29) is 88.1 Å². The van der Waals surface area contributed by atoms with Gasteiger partial charge in [-0.1, -0.05) is 6.07 Å². The number of fused-ring (bicyclic) bond motifs is 1. The highest BCUT2D eigenvalue weighted by Gasteiger charge is 2.37. The molecule has 15 nitrogen and oxygen atoms in total. The highest BCUT2D eigenvalue weighted by atomic mass is 16.6. The molecule has 2 saturated heterocycles. The molecule has 0 bridgehead atoms. The van der Waals surface area contributed by atoms with Gasteiger partial charge in [-0.2, -0.15) is 0 Å². The van der Waals surface area contributed by atoms with Crippen LogP contribution in [0, 0.1) is 6.92 Å². The fourth-order valence-electron chi connectivity index (χ4n) is 6.16. The second-order valence-electron chi connectivity index (χ2n) is 12.7. The van der Waals surface area contributed by atoms with E-state index in [1.807, 2.05) is 13.0 Å². The van der Waals surface area contributed by atoms with E-state index in [9.17, 15) is 28.8 Å². The van der Waals surface area contributed by atoms with Crippen LogP contribution in [0.4, 0.5) is 4.79 Å². The van der Waals surface area contributed by atoms with Gasteiger partial charge in [-0.05, 0) is 70.6 Å². The van der Waals surface area contributed by atoms with Crippen molar-refractivity contribution in [2.24, 2.45) is 0 Å². The van der Waals surface area contributed by atoms with Gasteiger partial charge in [0.15, 0.2) is 6.61 Å². The minimum atomic E-state index is -1.09. The lowest BCUT2D eigenvalue weighted by Gasteiger charge is -2.36. The van der Waals surface area contributed by atoms with Crippen LogP contribution in [0.15, 0.2) is 24.3 Å². The van der Waals surface area contributed by atoms with Crippen molar-refractivity contribution < 1.29 is 43.0 Å². The summed E-state index contributed by atoms with van der Waals surface area (Å²) in [5, 5.41) is 6.32. The van der Waals surface area contributed by atoms with Crippen LogP contribution >= 0.6 is 0 Å². The molecule has 1 aromatic carbocycles. The highest BCUT2D eigenvalue weighted by molar-refractivity contribution is 5.99. The Morgan fingerprint density at radius 1 is 0.920 bits per heavy atom. The molecule has 2 N–H and O–H groups in total. The number of carbonyl (C=O) groups excluding carboxylic acids is 6. The van der Waals surface area contributed by atoms with Crippen LogP contribution in [-0.2, 0) is 28.7 Å². The van der Waals surface area contributed by atoms with Gasteiger partial charge in [-0.3, -0.25) is 24.0 Å². The van der Waals surface area contributed by atoms with Gasteiger partial charge in [0.2, 0.25) is 11.8 Å². The summed E-state index contributed by atoms with van der Waals surface area (Å²) < 4.78 is 16.1. The van der Waals surface area contributed by atoms with Gasteiger partial charge >= 0.3 is 12.1 Å². The van der Waals surface area contributed by atoms with Gasteiger partial charge in [0.05, 0.1) is 18.7 Å². The summed E-state index contributed by atoms with van der Waals surface area (Å²) in [5.41, 5.74) is 1.29. The molecule has 1 saturated carbocycles. The lowest BCUT2D eigenvalue weighted by atomic mass is 10.1. The number of benzene rings is 1. The quantitative estimate of drug-likeness (QED) is 0.295. The topological polar surface area (TPSA) is 177 Å². The summed E-state index contributed by atoms with van der Waals surface area (Å²) in [6.07, 6.45) is 2.63. The van der Waals surface area contributed by atoms with Crippen molar-refractivity contribution in [1.82, 2.24) is 30.3 Å². The summed E-state index contributed by atoms with van der Waals surface area (Å²) in [6, 6.07) is 5.43. The molecule has 0 radical (unpaired) electrons. The molecule has 50 heavy (non-hydrogen) atoms. The molecule has 3 aliphatic rings. The fourth-order valence-corrected chi connectivity index (χ4v) is 6.16. The van der Waals surface area contributed by atoms with Gasteiger partial charge in [-0.15, -0.1) is 0 Å². The second-order valence-corrected chi connectivity index (χ2v) is 12.7. The Morgan fingerprint density at radius 2 is 1.64 bits per heavy atom. The molecule has 5 rings (SSSR count). The Bertz CT molecular complexity index is 1600. The van der Waals surface area contributed by atoms with Crippen LogP contribution in [-0.4, -0.2) is 126 Å². The predicted octanol–water partition coefficient (Wildman–Crippen LogP) is 1.93. The molecule has 1 aromatic heterocycles. The molecule has 0 unspecified atom stereocenters. The molecular formula is C35H46N6O9. The van der Waals surface area contributed by atoms with E-state index in [2.05, 4.69) is 15.6 Å². The number of pyridine rings is 1. The minimum absolute atomic E-state index is 0.0165. The van der Waals surface area contributed by atoms with Crippen molar-refractivity contribution in [2.45, 2.75) is 77.4 Å². The molecule has 15 heteroatoms. The molecule has 270 valence electrons. The van der Waals surface area contributed by atoms with Crippen LogP contribution in [0.2, 0.25) is 0 Å². The third kappa shape index (κ3) is 9.18. The van der Waals surface area contributed by atoms with Crippen molar-refractivity contribution in [3.63, 3.8) is 0 Å². The van der Waals surface area contributed by atoms with E-state index in [4.69, 9.17) is 14.2 Å². The summed E-state index contributed by atoms with van der Waals surface area (Å²) >= 11 is 0. The number of esters is 1. The van der Waals surface area contributed by atoms with Gasteiger partial charge in [0.1, 0.15) is 23.5 Å². The van der Waals surface area contributed by atoms with Crippen LogP contribution < -0.4 is 15.4 Å². The number of likely N-dealkylation sites (tertiary alicyclic amines) is 1. The number of aryl methyl sites for hydroxylation is 1. The number of piperazine rings is 1. The number of hydrogen-bond acceptors (Lipinski definition) is 10. The third-order valence-corrected chi connectivity index (χ3v) is 8.97. The molecule has 2 aromatic rings. The Morgan fingerprint density at radius 3 is 2.34 bits per heavy atom. The number of hydrogen-bond donors (Lipinski definition) is 2. The summed E-state index contributed by atoms with van der Waals surface area (Å²) in [7, 11) is 0. The molecule has 2 atom stereocenters. The largest absolute Gasteiger partial charge is 0.483 e. The van der Waals surface area contributed by atoms with Crippen molar-refractivity contribution in [3.05, 3.63) is 35.5 Å². The van der Waals surface area contributed by atoms with Crippen LogP contribution in [0.25, 0.3) is 10.9 Å². The number of carbonyl (C=O) groups is 6. The molecular weight excluding hydrogens is 648 g/mol. The first-order chi connectivity index (χ1) is 24.1. The Balaban J connectivity index is 1.31. The molecule has 5 amide bonds. The molecule has 2 aliphatic heterocycles. The number of ether oxygens (including phenoxy) is 3. The van der Waals surface area contributed by atoms with Gasteiger partial charge < -0.3 is 39.5 Å². The van der Waals surface area contributed by atoms with Crippen LogP contribution in [0.5, 0.6) is 5.75 Å². The molecule has 0 spiro atoms. The van der Waals surface area contributed by atoms with Crippen molar-refractivity contribution in [1.29, 1.82) is 0 Å².